The largest absolute Gasteiger partial charge is 0.495 e. The number of hydrogen-bond acceptors (Lipinski definition) is 2. The van der Waals surface area contributed by atoms with Crippen LogP contribution >= 0.6 is 0 Å². The molecule has 1 unspecified atom stereocenters. The standard InChI is InChI=1S/C21H33BO2/c1-10-14(2)11-15(3)18-12-16(4)19(17(5)13-18)22-23-20(6,7)21(8,9)24-22/h11-13,15H,10H2,1-9H3/b14-11-. The summed E-state index contributed by atoms with van der Waals surface area (Å²) in [5.41, 5.74) is 5.87. The molecule has 1 aliphatic rings. The van der Waals surface area contributed by atoms with Crippen LogP contribution in [0.5, 0.6) is 0 Å². The molecular formula is C21H33BO2. The molecule has 1 atom stereocenters. The molecule has 0 aromatic heterocycles. The highest BCUT2D eigenvalue weighted by Crippen LogP contribution is 2.37. The van der Waals surface area contributed by atoms with Gasteiger partial charge in [0.25, 0.3) is 0 Å². The second kappa shape index (κ2) is 6.69. The lowest BCUT2D eigenvalue weighted by Gasteiger charge is -2.32. The second-order valence-electron chi connectivity index (χ2n) is 8.31. The number of allylic oxidation sites excluding steroid dienone is 2. The van der Waals surface area contributed by atoms with E-state index in [1.54, 1.807) is 0 Å². The molecule has 1 aliphatic heterocycles. The minimum atomic E-state index is -0.302. The topological polar surface area (TPSA) is 18.5 Å². The SMILES string of the molecule is CC/C(C)=C\C(C)c1cc(C)c(B2OC(C)(C)C(C)(C)O2)c(C)c1. The van der Waals surface area contributed by atoms with Gasteiger partial charge in [-0.25, -0.2) is 0 Å². The summed E-state index contributed by atoms with van der Waals surface area (Å²) in [4.78, 5) is 0. The molecule has 0 aliphatic carbocycles. The molecule has 1 heterocycles. The van der Waals surface area contributed by atoms with Crippen molar-refractivity contribution in [3.05, 3.63) is 40.5 Å². The molecule has 1 saturated heterocycles. The maximum atomic E-state index is 6.26. The van der Waals surface area contributed by atoms with Crippen molar-refractivity contribution < 1.29 is 9.31 Å². The predicted octanol–water partition coefficient (Wildman–Crippen LogP) is 5.06. The van der Waals surface area contributed by atoms with E-state index >= 15 is 0 Å². The third-order valence-electron chi connectivity index (χ3n) is 5.72. The van der Waals surface area contributed by atoms with Gasteiger partial charge in [-0.15, -0.1) is 0 Å². The van der Waals surface area contributed by atoms with E-state index in [0.29, 0.717) is 5.92 Å². The number of rotatable bonds is 4. The van der Waals surface area contributed by atoms with E-state index in [4.69, 9.17) is 9.31 Å². The van der Waals surface area contributed by atoms with Crippen molar-refractivity contribution >= 4 is 12.6 Å². The number of aryl methyl sites for hydroxylation is 2. The van der Waals surface area contributed by atoms with E-state index in [1.807, 2.05) is 0 Å². The molecule has 1 fully saturated rings. The van der Waals surface area contributed by atoms with Crippen LogP contribution in [0.15, 0.2) is 23.8 Å². The Kier molecular flexibility index (Phi) is 5.37. The van der Waals surface area contributed by atoms with Crippen LogP contribution in [0.25, 0.3) is 0 Å². The van der Waals surface area contributed by atoms with Gasteiger partial charge in [0.2, 0.25) is 0 Å². The molecule has 3 heteroatoms. The maximum absolute atomic E-state index is 6.26. The molecule has 24 heavy (non-hydrogen) atoms. The molecule has 1 aromatic rings. The van der Waals surface area contributed by atoms with E-state index < -0.39 is 0 Å². The molecule has 0 N–H and O–H groups in total. The molecule has 0 radical (unpaired) electrons. The average molecular weight is 328 g/mol. The van der Waals surface area contributed by atoms with E-state index in [-0.39, 0.29) is 18.3 Å². The fraction of sp³-hybridized carbons (Fsp3) is 0.619. The van der Waals surface area contributed by atoms with Gasteiger partial charge in [-0.2, -0.15) is 0 Å². The molecular weight excluding hydrogens is 295 g/mol. The van der Waals surface area contributed by atoms with Gasteiger partial charge in [0.15, 0.2) is 0 Å². The summed E-state index contributed by atoms with van der Waals surface area (Å²) in [5, 5.41) is 0. The first kappa shape index (κ1) is 19.3. The zero-order valence-corrected chi connectivity index (χ0v) is 16.9. The van der Waals surface area contributed by atoms with Gasteiger partial charge in [-0.1, -0.05) is 48.8 Å². The highest BCUT2D eigenvalue weighted by Gasteiger charge is 2.52. The summed E-state index contributed by atoms with van der Waals surface area (Å²) < 4.78 is 12.5. The summed E-state index contributed by atoms with van der Waals surface area (Å²) >= 11 is 0. The monoisotopic (exact) mass is 328 g/mol. The van der Waals surface area contributed by atoms with Crippen LogP contribution in [0, 0.1) is 13.8 Å². The summed E-state index contributed by atoms with van der Waals surface area (Å²) in [6, 6.07) is 4.58. The average Bonchev–Trinajstić information content (AvgIpc) is 2.65. The third kappa shape index (κ3) is 3.62. The Morgan fingerprint density at radius 2 is 1.54 bits per heavy atom. The fourth-order valence-electron chi connectivity index (χ4n) is 3.24. The Labute approximate surface area is 148 Å². The van der Waals surface area contributed by atoms with E-state index in [9.17, 15) is 0 Å². The lowest BCUT2D eigenvalue weighted by Crippen LogP contribution is -2.41. The highest BCUT2D eigenvalue weighted by atomic mass is 16.7. The minimum absolute atomic E-state index is 0.285. The smallest absolute Gasteiger partial charge is 0.399 e. The van der Waals surface area contributed by atoms with Crippen molar-refractivity contribution in [2.24, 2.45) is 0 Å². The van der Waals surface area contributed by atoms with Crippen LogP contribution in [-0.2, 0) is 9.31 Å². The Morgan fingerprint density at radius 3 is 1.96 bits per heavy atom. The van der Waals surface area contributed by atoms with Gasteiger partial charge >= 0.3 is 7.12 Å². The van der Waals surface area contributed by atoms with Gasteiger partial charge in [-0.3, -0.25) is 0 Å². The lowest BCUT2D eigenvalue weighted by molar-refractivity contribution is 0.00578. The summed E-state index contributed by atoms with van der Waals surface area (Å²) in [7, 11) is -0.285. The predicted molar refractivity (Wildman–Crippen MR) is 104 cm³/mol. The van der Waals surface area contributed by atoms with Crippen molar-refractivity contribution in [3.8, 4) is 0 Å². The second-order valence-corrected chi connectivity index (χ2v) is 8.31. The molecule has 0 spiro atoms. The maximum Gasteiger partial charge on any atom is 0.495 e. The Bertz CT molecular complexity index is 604. The van der Waals surface area contributed by atoms with Crippen LogP contribution in [0.4, 0.5) is 0 Å². The summed E-state index contributed by atoms with van der Waals surface area (Å²) in [5.74, 6) is 0.426. The summed E-state index contributed by atoms with van der Waals surface area (Å²) in [6.07, 6.45) is 3.47. The van der Waals surface area contributed by atoms with Gasteiger partial charge < -0.3 is 9.31 Å². The molecule has 0 amide bonds. The van der Waals surface area contributed by atoms with Gasteiger partial charge in [-0.05, 0) is 71.8 Å². The van der Waals surface area contributed by atoms with E-state index in [1.165, 1.54) is 27.7 Å². The molecule has 2 rings (SSSR count). The van der Waals surface area contributed by atoms with Crippen LogP contribution in [0.3, 0.4) is 0 Å². The highest BCUT2D eigenvalue weighted by molar-refractivity contribution is 6.63. The number of benzene rings is 1. The lowest BCUT2D eigenvalue weighted by atomic mass is 9.72. The zero-order chi connectivity index (χ0) is 18.3. The molecule has 1 aromatic carbocycles. The quantitative estimate of drug-likeness (QED) is 0.568. The van der Waals surface area contributed by atoms with Crippen LogP contribution in [0.2, 0.25) is 0 Å². The van der Waals surface area contributed by atoms with Crippen molar-refractivity contribution in [2.75, 3.05) is 0 Å². The first-order valence-electron chi connectivity index (χ1n) is 9.12. The van der Waals surface area contributed by atoms with Crippen molar-refractivity contribution in [3.63, 3.8) is 0 Å². The van der Waals surface area contributed by atoms with Crippen LogP contribution in [0.1, 0.15) is 77.5 Å². The van der Waals surface area contributed by atoms with Gasteiger partial charge in [0, 0.05) is 0 Å². The summed E-state index contributed by atoms with van der Waals surface area (Å²) in [6.45, 7) is 19.4. The molecule has 0 bridgehead atoms. The van der Waals surface area contributed by atoms with Crippen molar-refractivity contribution in [2.45, 2.75) is 85.9 Å². The van der Waals surface area contributed by atoms with E-state index in [2.05, 4.69) is 80.5 Å². The first-order valence-corrected chi connectivity index (χ1v) is 9.12. The third-order valence-corrected chi connectivity index (χ3v) is 5.72. The first-order chi connectivity index (χ1) is 11.0. The Morgan fingerprint density at radius 1 is 1.08 bits per heavy atom. The normalized spacial score (nSPS) is 21.2. The van der Waals surface area contributed by atoms with Gasteiger partial charge in [0.05, 0.1) is 11.2 Å². The molecule has 0 saturated carbocycles. The van der Waals surface area contributed by atoms with E-state index in [0.717, 1.165) is 6.42 Å². The molecule has 2 nitrogen and oxygen atoms in total. The molecule has 132 valence electrons. The van der Waals surface area contributed by atoms with Crippen LogP contribution in [-0.4, -0.2) is 18.3 Å². The Balaban J connectivity index is 2.35. The minimum Gasteiger partial charge on any atom is -0.399 e. The van der Waals surface area contributed by atoms with Gasteiger partial charge in [0.1, 0.15) is 0 Å². The zero-order valence-electron chi connectivity index (χ0n) is 16.9. The van der Waals surface area contributed by atoms with Crippen molar-refractivity contribution in [1.82, 2.24) is 0 Å². The van der Waals surface area contributed by atoms with Crippen molar-refractivity contribution in [1.29, 1.82) is 0 Å². The Hall–Kier alpha value is -1.06. The fourth-order valence-corrected chi connectivity index (χ4v) is 3.24. The van der Waals surface area contributed by atoms with Crippen LogP contribution < -0.4 is 5.46 Å². The number of hydrogen-bond donors (Lipinski definition) is 0.